The molecule has 0 saturated carbocycles. The zero-order valence-corrected chi connectivity index (χ0v) is 13.1. The molecule has 0 aliphatic heterocycles. The fourth-order valence-electron chi connectivity index (χ4n) is 2.32. The maximum Gasteiger partial charge on any atom is 0.158 e. The number of benzene rings is 2. The van der Waals surface area contributed by atoms with Gasteiger partial charge in [-0.05, 0) is 47.4 Å². The second kappa shape index (κ2) is 4.89. The highest BCUT2D eigenvalue weighted by molar-refractivity contribution is 6.76. The van der Waals surface area contributed by atoms with Crippen LogP contribution in [0.15, 0.2) is 24.3 Å². The Morgan fingerprint density at radius 2 is 1.63 bits per heavy atom. The highest BCUT2D eigenvalue weighted by Crippen LogP contribution is 2.33. The van der Waals surface area contributed by atoms with Gasteiger partial charge in [0.15, 0.2) is 11.5 Å². The Kier molecular flexibility index (Phi) is 3.59. The van der Waals surface area contributed by atoms with E-state index < -0.39 is 8.07 Å². The lowest BCUT2D eigenvalue weighted by Crippen LogP contribution is -2.20. The van der Waals surface area contributed by atoms with E-state index in [2.05, 4.69) is 32.6 Å². The van der Waals surface area contributed by atoms with Gasteiger partial charge in [-0.25, -0.2) is 0 Å². The number of phenolic OH excluding ortho intramolecular Hbond substituents is 2. The minimum absolute atomic E-state index is 0.0436. The summed E-state index contributed by atoms with van der Waals surface area (Å²) < 4.78 is 0. The Morgan fingerprint density at radius 1 is 1.00 bits per heavy atom. The van der Waals surface area contributed by atoms with Crippen molar-refractivity contribution in [2.75, 3.05) is 0 Å². The molecule has 0 fully saturated rings. The van der Waals surface area contributed by atoms with Gasteiger partial charge in [-0.2, -0.15) is 0 Å². The van der Waals surface area contributed by atoms with Crippen molar-refractivity contribution in [2.24, 2.45) is 0 Å². The van der Waals surface area contributed by atoms with Crippen molar-refractivity contribution in [1.29, 1.82) is 0 Å². The molecular weight excluding hydrogens is 252 g/mol. The van der Waals surface area contributed by atoms with Crippen LogP contribution in [0.2, 0.25) is 25.7 Å². The van der Waals surface area contributed by atoms with Gasteiger partial charge in [-0.1, -0.05) is 37.8 Å². The van der Waals surface area contributed by atoms with Crippen LogP contribution in [-0.2, 0) is 6.42 Å². The van der Waals surface area contributed by atoms with E-state index in [-0.39, 0.29) is 11.5 Å². The fraction of sp³-hybridized carbons (Fsp3) is 0.375. The molecule has 19 heavy (non-hydrogen) atoms. The molecule has 0 aromatic heterocycles. The van der Waals surface area contributed by atoms with Crippen molar-refractivity contribution in [2.45, 2.75) is 39.0 Å². The molecule has 2 N–H and O–H groups in total. The van der Waals surface area contributed by atoms with E-state index in [9.17, 15) is 10.2 Å². The fourth-order valence-corrected chi connectivity index (χ4v) is 3.34. The molecule has 102 valence electrons. The van der Waals surface area contributed by atoms with Crippen LogP contribution in [0.25, 0.3) is 10.8 Å². The van der Waals surface area contributed by atoms with Crippen molar-refractivity contribution in [3.05, 3.63) is 35.4 Å². The van der Waals surface area contributed by atoms with Gasteiger partial charge in [-0.15, -0.1) is 0 Å². The summed E-state index contributed by atoms with van der Waals surface area (Å²) in [5, 5.41) is 21.2. The SMILES string of the molecule is Cc1c(CC[Si](C)(C)C)ccc2cc(O)c(O)cc12. The smallest absolute Gasteiger partial charge is 0.158 e. The maximum absolute atomic E-state index is 9.65. The highest BCUT2D eigenvalue weighted by atomic mass is 28.3. The van der Waals surface area contributed by atoms with Crippen molar-refractivity contribution in [3.8, 4) is 11.5 Å². The average molecular weight is 274 g/mol. The first-order valence-corrected chi connectivity index (χ1v) is 10.4. The minimum Gasteiger partial charge on any atom is -0.504 e. The first-order valence-electron chi connectivity index (χ1n) is 6.72. The molecule has 3 heteroatoms. The monoisotopic (exact) mass is 274 g/mol. The van der Waals surface area contributed by atoms with Gasteiger partial charge in [-0.3, -0.25) is 0 Å². The number of hydrogen-bond donors (Lipinski definition) is 2. The number of hydrogen-bond acceptors (Lipinski definition) is 2. The molecule has 2 nitrogen and oxygen atoms in total. The van der Waals surface area contributed by atoms with Crippen LogP contribution in [0.3, 0.4) is 0 Å². The quantitative estimate of drug-likeness (QED) is 0.641. The van der Waals surface area contributed by atoms with Crippen molar-refractivity contribution in [3.63, 3.8) is 0 Å². The average Bonchev–Trinajstić information content (AvgIpc) is 2.30. The molecular formula is C16H22O2Si. The van der Waals surface area contributed by atoms with Gasteiger partial charge in [0.2, 0.25) is 0 Å². The Morgan fingerprint density at radius 3 is 2.26 bits per heavy atom. The van der Waals surface area contributed by atoms with E-state index in [0.29, 0.717) is 0 Å². The summed E-state index contributed by atoms with van der Waals surface area (Å²) in [6, 6.07) is 8.73. The summed E-state index contributed by atoms with van der Waals surface area (Å²) in [6.07, 6.45) is 1.10. The molecule has 0 unspecified atom stereocenters. The molecule has 2 aromatic carbocycles. The molecule has 2 aromatic rings. The van der Waals surface area contributed by atoms with E-state index >= 15 is 0 Å². The van der Waals surface area contributed by atoms with Crippen molar-refractivity contribution >= 4 is 18.8 Å². The topological polar surface area (TPSA) is 40.5 Å². The largest absolute Gasteiger partial charge is 0.504 e. The number of fused-ring (bicyclic) bond motifs is 1. The number of aryl methyl sites for hydroxylation is 2. The van der Waals surface area contributed by atoms with E-state index in [4.69, 9.17) is 0 Å². The van der Waals surface area contributed by atoms with Crippen LogP contribution in [0.1, 0.15) is 11.1 Å². The lowest BCUT2D eigenvalue weighted by molar-refractivity contribution is 0.405. The third-order valence-corrected chi connectivity index (χ3v) is 5.39. The van der Waals surface area contributed by atoms with Crippen LogP contribution >= 0.6 is 0 Å². The first kappa shape index (κ1) is 13.9. The molecule has 0 radical (unpaired) electrons. The highest BCUT2D eigenvalue weighted by Gasteiger charge is 2.14. The third-order valence-electron chi connectivity index (χ3n) is 3.64. The Bertz CT molecular complexity index is 612. The van der Waals surface area contributed by atoms with Gasteiger partial charge >= 0.3 is 0 Å². The minimum atomic E-state index is -1.04. The van der Waals surface area contributed by atoms with Crippen LogP contribution in [0.4, 0.5) is 0 Å². The number of rotatable bonds is 3. The molecule has 0 heterocycles. The molecule has 0 bridgehead atoms. The van der Waals surface area contributed by atoms with Gasteiger partial charge in [0.25, 0.3) is 0 Å². The van der Waals surface area contributed by atoms with Crippen molar-refractivity contribution < 1.29 is 10.2 Å². The van der Waals surface area contributed by atoms with E-state index in [1.165, 1.54) is 17.2 Å². The molecule has 0 amide bonds. The Labute approximate surface area is 115 Å². The lowest BCUT2D eigenvalue weighted by Gasteiger charge is -2.17. The van der Waals surface area contributed by atoms with Crippen molar-refractivity contribution in [1.82, 2.24) is 0 Å². The van der Waals surface area contributed by atoms with Gasteiger partial charge < -0.3 is 10.2 Å². The summed E-state index contributed by atoms with van der Waals surface area (Å²) in [5.41, 5.74) is 2.56. The summed E-state index contributed by atoms with van der Waals surface area (Å²) >= 11 is 0. The van der Waals surface area contributed by atoms with E-state index in [0.717, 1.165) is 17.2 Å². The number of aromatic hydroxyl groups is 2. The number of phenols is 2. The zero-order chi connectivity index (χ0) is 14.2. The molecule has 0 atom stereocenters. The normalized spacial score (nSPS) is 12.0. The molecule has 2 rings (SSSR count). The van der Waals surface area contributed by atoms with Crippen LogP contribution in [0, 0.1) is 6.92 Å². The van der Waals surface area contributed by atoms with Gasteiger partial charge in [0.1, 0.15) is 0 Å². The maximum atomic E-state index is 9.65. The Balaban J connectivity index is 2.43. The second-order valence-corrected chi connectivity index (χ2v) is 12.1. The second-order valence-electron chi connectivity index (χ2n) is 6.47. The lowest BCUT2D eigenvalue weighted by atomic mass is 9.98. The standard InChI is InChI=1S/C16H22O2Si/c1-11-12(7-8-19(2,3)4)5-6-13-9-15(17)16(18)10-14(11)13/h5-6,9-10,17-18H,7-8H2,1-4H3. The van der Waals surface area contributed by atoms with E-state index in [1.54, 1.807) is 12.1 Å². The summed E-state index contributed by atoms with van der Waals surface area (Å²) in [5.74, 6) is -0.0975. The molecule has 0 saturated heterocycles. The predicted molar refractivity (Wildman–Crippen MR) is 83.9 cm³/mol. The predicted octanol–water partition coefficient (Wildman–Crippen LogP) is 4.44. The Hall–Kier alpha value is -1.48. The van der Waals surface area contributed by atoms with Gasteiger partial charge in [0.05, 0.1) is 0 Å². The summed E-state index contributed by atoms with van der Waals surface area (Å²) in [6.45, 7) is 9.24. The summed E-state index contributed by atoms with van der Waals surface area (Å²) in [7, 11) is -1.04. The summed E-state index contributed by atoms with van der Waals surface area (Å²) in [4.78, 5) is 0. The van der Waals surface area contributed by atoms with Gasteiger partial charge in [0, 0.05) is 8.07 Å². The molecule has 0 spiro atoms. The first-order chi connectivity index (χ1) is 8.78. The van der Waals surface area contributed by atoms with Crippen LogP contribution in [0.5, 0.6) is 11.5 Å². The van der Waals surface area contributed by atoms with Crippen LogP contribution in [-0.4, -0.2) is 18.3 Å². The van der Waals surface area contributed by atoms with Crippen LogP contribution < -0.4 is 0 Å². The zero-order valence-electron chi connectivity index (χ0n) is 12.1. The third kappa shape index (κ3) is 3.10. The molecule has 0 aliphatic rings. The molecule has 0 aliphatic carbocycles. The van der Waals surface area contributed by atoms with E-state index in [1.807, 2.05) is 6.07 Å².